The molecule has 1 aliphatic rings. The Hall–Kier alpha value is -3.55. The number of hydrogen-bond donors (Lipinski definition) is 3. The molecule has 0 heterocycles. The molecule has 1 saturated carbocycles. The van der Waals surface area contributed by atoms with E-state index in [0.29, 0.717) is 0 Å². The van der Waals surface area contributed by atoms with Crippen LogP contribution in [-0.2, 0) is 20.7 Å². The molecule has 0 aliphatic heterocycles. The molecule has 2 aromatic rings. The molecule has 40 heavy (non-hydrogen) atoms. The molecule has 2 aromatic carbocycles. The van der Waals surface area contributed by atoms with E-state index in [4.69, 9.17) is 4.74 Å². The van der Waals surface area contributed by atoms with Gasteiger partial charge in [0, 0.05) is 18.5 Å². The lowest BCUT2D eigenvalue weighted by Gasteiger charge is -2.44. The highest BCUT2D eigenvalue weighted by Crippen LogP contribution is 2.34. The summed E-state index contributed by atoms with van der Waals surface area (Å²) in [4.78, 5) is 43.0. The molecule has 3 rings (SSSR count). The van der Waals surface area contributed by atoms with Crippen LogP contribution in [0.3, 0.4) is 0 Å². The first-order chi connectivity index (χ1) is 18.9. The van der Waals surface area contributed by atoms with Gasteiger partial charge in [-0.25, -0.2) is 4.79 Å². The summed E-state index contributed by atoms with van der Waals surface area (Å²) in [7, 11) is 0. The first-order valence-electron chi connectivity index (χ1n) is 14.3. The summed E-state index contributed by atoms with van der Waals surface area (Å²) >= 11 is 0. The lowest BCUT2D eigenvalue weighted by atomic mass is 9.87. The fraction of sp³-hybridized carbons (Fsp3) is 0.531. The normalized spacial score (nSPS) is 15.8. The molecular weight excluding hydrogens is 506 g/mol. The van der Waals surface area contributed by atoms with Gasteiger partial charge >= 0.3 is 6.09 Å². The average Bonchev–Trinajstić information content (AvgIpc) is 2.82. The summed E-state index contributed by atoms with van der Waals surface area (Å²) in [5, 5.41) is 15.7. The highest BCUT2D eigenvalue weighted by Gasteiger charge is 2.42. The van der Waals surface area contributed by atoms with Gasteiger partial charge in [-0.3, -0.25) is 9.59 Å². The van der Waals surface area contributed by atoms with E-state index in [-0.39, 0.29) is 36.1 Å². The fourth-order valence-corrected chi connectivity index (χ4v) is 4.99. The summed E-state index contributed by atoms with van der Waals surface area (Å²) < 4.78 is 5.50. The number of rotatable bonds is 11. The number of hydrogen-bond acceptors (Lipinski definition) is 5. The number of phenols is 1. The van der Waals surface area contributed by atoms with Crippen LogP contribution in [0, 0.1) is 6.92 Å². The molecule has 218 valence electrons. The van der Waals surface area contributed by atoms with E-state index in [9.17, 15) is 19.5 Å². The van der Waals surface area contributed by atoms with Crippen molar-refractivity contribution in [3.63, 3.8) is 0 Å². The zero-order valence-electron chi connectivity index (χ0n) is 24.7. The third-order valence-corrected chi connectivity index (χ3v) is 7.08. The largest absolute Gasteiger partial charge is 0.508 e. The van der Waals surface area contributed by atoms with Gasteiger partial charge < -0.3 is 25.4 Å². The molecule has 1 fully saturated rings. The minimum atomic E-state index is -0.979. The molecule has 3 N–H and O–H groups in total. The number of alkyl carbamates (subject to hydrolysis) is 1. The van der Waals surface area contributed by atoms with E-state index < -0.39 is 23.8 Å². The third-order valence-electron chi connectivity index (χ3n) is 7.08. The second-order valence-electron chi connectivity index (χ2n) is 11.9. The molecule has 0 spiro atoms. The molecule has 3 amide bonds. The Bertz CT molecular complexity index is 1150. The van der Waals surface area contributed by atoms with E-state index in [1.807, 2.05) is 38.1 Å². The van der Waals surface area contributed by atoms with Crippen LogP contribution in [0.4, 0.5) is 4.79 Å². The van der Waals surface area contributed by atoms with Crippen molar-refractivity contribution in [2.24, 2.45) is 0 Å². The highest BCUT2D eigenvalue weighted by atomic mass is 16.6. The number of carbonyl (C=O) groups is 3. The molecule has 0 radical (unpaired) electrons. The molecule has 8 nitrogen and oxygen atoms in total. The number of phenolic OH excluding ortho intramolecular Hbond substituents is 1. The predicted molar refractivity (Wildman–Crippen MR) is 156 cm³/mol. The van der Waals surface area contributed by atoms with Crippen LogP contribution in [0.5, 0.6) is 5.75 Å². The van der Waals surface area contributed by atoms with Crippen LogP contribution in [0.25, 0.3) is 0 Å². The van der Waals surface area contributed by atoms with Crippen LogP contribution in [0.1, 0.15) is 89.5 Å². The number of aryl methyl sites for hydroxylation is 1. The number of nitrogens with one attached hydrogen (secondary N) is 2. The molecule has 3 atom stereocenters. The van der Waals surface area contributed by atoms with Crippen molar-refractivity contribution in [2.45, 2.75) is 110 Å². The van der Waals surface area contributed by atoms with Crippen LogP contribution in [0.2, 0.25) is 0 Å². The molecule has 0 bridgehead atoms. The molecule has 8 heteroatoms. The number of ether oxygens (including phenoxy) is 1. The van der Waals surface area contributed by atoms with Crippen molar-refractivity contribution in [3.05, 3.63) is 65.2 Å². The molecule has 0 aromatic heterocycles. The second kappa shape index (κ2) is 13.7. The van der Waals surface area contributed by atoms with Gasteiger partial charge in [0.25, 0.3) is 0 Å². The van der Waals surface area contributed by atoms with E-state index in [0.717, 1.165) is 48.8 Å². The van der Waals surface area contributed by atoms with Gasteiger partial charge in [-0.15, -0.1) is 0 Å². The summed E-state index contributed by atoms with van der Waals surface area (Å²) in [6.45, 7) is 11.3. The van der Waals surface area contributed by atoms with Gasteiger partial charge in [-0.2, -0.15) is 0 Å². The van der Waals surface area contributed by atoms with E-state index in [1.54, 1.807) is 49.9 Å². The van der Waals surface area contributed by atoms with Crippen molar-refractivity contribution in [2.75, 3.05) is 0 Å². The van der Waals surface area contributed by atoms with E-state index in [2.05, 4.69) is 17.6 Å². The Balaban J connectivity index is 2.03. The molecule has 0 saturated heterocycles. The minimum absolute atomic E-state index is 0.0455. The van der Waals surface area contributed by atoms with Crippen LogP contribution in [0.15, 0.2) is 48.5 Å². The Morgan fingerprint density at radius 2 is 1.75 bits per heavy atom. The van der Waals surface area contributed by atoms with Gasteiger partial charge in [-0.05, 0) is 83.6 Å². The van der Waals surface area contributed by atoms with Crippen LogP contribution >= 0.6 is 0 Å². The Morgan fingerprint density at radius 3 is 2.30 bits per heavy atom. The lowest BCUT2D eigenvalue weighted by Crippen LogP contribution is -2.58. The Kier molecular flexibility index (Phi) is 10.6. The van der Waals surface area contributed by atoms with Crippen molar-refractivity contribution in [1.82, 2.24) is 15.5 Å². The predicted octanol–water partition coefficient (Wildman–Crippen LogP) is 5.56. The maximum Gasteiger partial charge on any atom is 0.408 e. The SMILES string of the molecule is CCCC(C)NC(=O)C(c1cccc(C)c1)N(C(=O)C(Cc1ccc(O)cc1)NC(=O)OC(C)(C)C)C1CCC1. The van der Waals surface area contributed by atoms with Crippen molar-refractivity contribution >= 4 is 17.9 Å². The number of benzene rings is 2. The van der Waals surface area contributed by atoms with Crippen LogP contribution in [-0.4, -0.2) is 51.6 Å². The maximum absolute atomic E-state index is 14.5. The van der Waals surface area contributed by atoms with Gasteiger partial charge in [0.05, 0.1) is 0 Å². The topological polar surface area (TPSA) is 108 Å². The molecule has 1 aliphatic carbocycles. The summed E-state index contributed by atoms with van der Waals surface area (Å²) in [6, 6.07) is 12.2. The van der Waals surface area contributed by atoms with Crippen molar-refractivity contribution in [1.29, 1.82) is 0 Å². The Morgan fingerprint density at radius 1 is 1.07 bits per heavy atom. The van der Waals surface area contributed by atoms with Gasteiger partial charge in [0.2, 0.25) is 11.8 Å². The van der Waals surface area contributed by atoms with Gasteiger partial charge in [0.1, 0.15) is 23.4 Å². The zero-order chi connectivity index (χ0) is 29.4. The standard InChI is InChI=1S/C32H45N3O5/c1-7-10-22(3)33-29(37)28(24-12-8-11-21(2)19-24)35(25-13-9-14-25)30(38)27(34-31(39)40-32(4,5)6)20-23-15-17-26(36)18-16-23/h8,11-12,15-19,22,25,27-28,36H,7,9-10,13-14,20H2,1-6H3,(H,33,37)(H,34,39). The zero-order valence-corrected chi connectivity index (χ0v) is 24.7. The van der Waals surface area contributed by atoms with Gasteiger partial charge in [-0.1, -0.05) is 55.3 Å². The fourth-order valence-electron chi connectivity index (χ4n) is 4.99. The third kappa shape index (κ3) is 8.73. The number of amides is 3. The molecule has 3 unspecified atom stereocenters. The first kappa shape index (κ1) is 31.0. The first-order valence-corrected chi connectivity index (χ1v) is 14.3. The Labute approximate surface area is 238 Å². The summed E-state index contributed by atoms with van der Waals surface area (Å²) in [5.41, 5.74) is 1.74. The smallest absolute Gasteiger partial charge is 0.408 e. The van der Waals surface area contributed by atoms with E-state index >= 15 is 0 Å². The summed E-state index contributed by atoms with van der Waals surface area (Å²) in [5.74, 6) is -0.457. The van der Waals surface area contributed by atoms with Crippen molar-refractivity contribution < 1.29 is 24.2 Å². The minimum Gasteiger partial charge on any atom is -0.508 e. The van der Waals surface area contributed by atoms with Crippen molar-refractivity contribution in [3.8, 4) is 5.75 Å². The lowest BCUT2D eigenvalue weighted by molar-refractivity contribution is -0.147. The van der Waals surface area contributed by atoms with Crippen LogP contribution < -0.4 is 10.6 Å². The number of aromatic hydroxyl groups is 1. The highest BCUT2D eigenvalue weighted by molar-refractivity contribution is 5.92. The molecular formula is C32H45N3O5. The second-order valence-corrected chi connectivity index (χ2v) is 11.9. The summed E-state index contributed by atoms with van der Waals surface area (Å²) in [6.07, 6.45) is 3.75. The average molecular weight is 552 g/mol. The number of carbonyl (C=O) groups excluding carboxylic acids is 3. The monoisotopic (exact) mass is 551 g/mol. The quantitative estimate of drug-likeness (QED) is 0.339. The maximum atomic E-state index is 14.5. The van der Waals surface area contributed by atoms with Gasteiger partial charge in [0.15, 0.2) is 0 Å². The van der Waals surface area contributed by atoms with E-state index in [1.165, 1.54) is 0 Å². The number of nitrogens with zero attached hydrogens (tertiary/aromatic N) is 1.